The van der Waals surface area contributed by atoms with Gasteiger partial charge in [0.15, 0.2) is 0 Å². The van der Waals surface area contributed by atoms with E-state index in [1.54, 1.807) is 0 Å². The number of fused-ring (bicyclic) bond motifs is 1. The molecule has 2 heterocycles. The molecule has 4 nitrogen and oxygen atoms in total. The number of hydrazine groups is 1. The molecule has 5 heteroatoms. The molecule has 0 aliphatic carbocycles. The summed E-state index contributed by atoms with van der Waals surface area (Å²) in [5, 5.41) is 0.715. The van der Waals surface area contributed by atoms with Gasteiger partial charge in [0.1, 0.15) is 6.04 Å². The first kappa shape index (κ1) is 14.7. The molecule has 0 aromatic heterocycles. The Balaban J connectivity index is 1.49. The molecule has 2 N–H and O–H groups in total. The molecule has 0 spiro atoms. The maximum Gasteiger partial charge on any atom is 0.245 e. The van der Waals surface area contributed by atoms with Gasteiger partial charge in [0.2, 0.25) is 5.91 Å². The van der Waals surface area contributed by atoms with Gasteiger partial charge < -0.3 is 4.90 Å². The van der Waals surface area contributed by atoms with E-state index in [-0.39, 0.29) is 18.0 Å². The van der Waals surface area contributed by atoms with Crippen LogP contribution in [-0.2, 0) is 11.2 Å². The van der Waals surface area contributed by atoms with Crippen LogP contribution in [-0.4, -0.2) is 18.5 Å². The van der Waals surface area contributed by atoms with Crippen LogP contribution in [0.4, 0.5) is 5.69 Å². The standard InChI is InChI=1S/C18H18ClN3O/c19-14-6-3-5-13(10-14)15-11-16(21-20-15)18(23)22-9-8-12-4-1-2-7-17(12)22/h1-7,10,15-16,20-21H,8-9,11H2. The van der Waals surface area contributed by atoms with Gasteiger partial charge in [0.25, 0.3) is 0 Å². The van der Waals surface area contributed by atoms with Crippen molar-refractivity contribution in [3.8, 4) is 0 Å². The minimum Gasteiger partial charge on any atom is -0.310 e. The Hall–Kier alpha value is -1.88. The molecule has 2 aromatic rings. The van der Waals surface area contributed by atoms with Crippen LogP contribution in [0.3, 0.4) is 0 Å². The number of carbonyl (C=O) groups is 1. The SMILES string of the molecule is O=C(C1CC(c2cccc(Cl)c2)NN1)N1CCc2ccccc21. The Labute approximate surface area is 140 Å². The lowest BCUT2D eigenvalue weighted by molar-refractivity contribution is -0.120. The number of hydrogen-bond donors (Lipinski definition) is 2. The maximum atomic E-state index is 12.9. The number of anilines is 1. The highest BCUT2D eigenvalue weighted by atomic mass is 35.5. The summed E-state index contributed by atoms with van der Waals surface area (Å²) in [6.07, 6.45) is 1.65. The number of nitrogens with zero attached hydrogens (tertiary/aromatic N) is 1. The number of halogens is 1. The molecule has 2 aliphatic heterocycles. The molecular formula is C18H18ClN3O. The fraction of sp³-hybridized carbons (Fsp3) is 0.278. The van der Waals surface area contributed by atoms with E-state index in [1.165, 1.54) is 5.56 Å². The Kier molecular flexibility index (Phi) is 3.81. The highest BCUT2D eigenvalue weighted by molar-refractivity contribution is 6.30. The lowest BCUT2D eigenvalue weighted by Crippen LogP contribution is -2.45. The third-order valence-corrected chi connectivity index (χ3v) is 4.84. The van der Waals surface area contributed by atoms with Crippen LogP contribution in [0.15, 0.2) is 48.5 Å². The summed E-state index contributed by atoms with van der Waals surface area (Å²) in [7, 11) is 0. The summed E-state index contributed by atoms with van der Waals surface area (Å²) in [4.78, 5) is 14.7. The summed E-state index contributed by atoms with van der Waals surface area (Å²) in [5.41, 5.74) is 9.76. The fourth-order valence-electron chi connectivity index (χ4n) is 3.42. The number of para-hydroxylation sites is 1. The van der Waals surface area contributed by atoms with E-state index >= 15 is 0 Å². The van der Waals surface area contributed by atoms with Gasteiger partial charge >= 0.3 is 0 Å². The molecular weight excluding hydrogens is 310 g/mol. The molecule has 1 amide bonds. The van der Waals surface area contributed by atoms with Crippen LogP contribution >= 0.6 is 11.6 Å². The summed E-state index contributed by atoms with van der Waals surface area (Å²) in [6.45, 7) is 0.762. The quantitative estimate of drug-likeness (QED) is 0.891. The highest BCUT2D eigenvalue weighted by Crippen LogP contribution is 2.30. The Morgan fingerprint density at radius 1 is 1.13 bits per heavy atom. The topological polar surface area (TPSA) is 44.4 Å². The zero-order valence-corrected chi connectivity index (χ0v) is 13.4. The van der Waals surface area contributed by atoms with Gasteiger partial charge in [-0.3, -0.25) is 4.79 Å². The van der Waals surface area contributed by atoms with Crippen molar-refractivity contribution in [3.63, 3.8) is 0 Å². The van der Waals surface area contributed by atoms with Crippen molar-refractivity contribution in [1.29, 1.82) is 0 Å². The van der Waals surface area contributed by atoms with Gasteiger partial charge in [0, 0.05) is 23.3 Å². The summed E-state index contributed by atoms with van der Waals surface area (Å²) >= 11 is 6.06. The summed E-state index contributed by atoms with van der Waals surface area (Å²) in [5.74, 6) is 0.131. The van der Waals surface area contributed by atoms with Crippen molar-refractivity contribution in [2.75, 3.05) is 11.4 Å². The van der Waals surface area contributed by atoms with Crippen LogP contribution in [0.2, 0.25) is 5.02 Å². The summed E-state index contributed by atoms with van der Waals surface area (Å²) < 4.78 is 0. The smallest absolute Gasteiger partial charge is 0.245 e. The van der Waals surface area contributed by atoms with Crippen LogP contribution in [0.5, 0.6) is 0 Å². The molecule has 1 saturated heterocycles. The third kappa shape index (κ3) is 2.74. The first-order chi connectivity index (χ1) is 11.2. The number of hydrogen-bond acceptors (Lipinski definition) is 3. The predicted octanol–water partition coefficient (Wildman–Crippen LogP) is 2.84. The Bertz CT molecular complexity index is 749. The van der Waals surface area contributed by atoms with Crippen molar-refractivity contribution in [1.82, 2.24) is 10.9 Å². The lowest BCUT2D eigenvalue weighted by Gasteiger charge is -2.21. The number of rotatable bonds is 2. The van der Waals surface area contributed by atoms with E-state index in [2.05, 4.69) is 16.9 Å². The first-order valence-corrected chi connectivity index (χ1v) is 8.26. The van der Waals surface area contributed by atoms with Crippen LogP contribution in [0.1, 0.15) is 23.6 Å². The highest BCUT2D eigenvalue weighted by Gasteiger charge is 2.35. The minimum absolute atomic E-state index is 0.0977. The van der Waals surface area contributed by atoms with Gasteiger partial charge in [-0.25, -0.2) is 10.9 Å². The second-order valence-electron chi connectivity index (χ2n) is 6.05. The van der Waals surface area contributed by atoms with Crippen molar-refractivity contribution in [3.05, 3.63) is 64.7 Å². The second-order valence-corrected chi connectivity index (χ2v) is 6.49. The van der Waals surface area contributed by atoms with Crippen molar-refractivity contribution < 1.29 is 4.79 Å². The second kappa shape index (κ2) is 5.96. The van der Waals surface area contributed by atoms with Crippen LogP contribution < -0.4 is 15.8 Å². The normalized spacial score (nSPS) is 23.1. The third-order valence-electron chi connectivity index (χ3n) is 4.61. The molecule has 2 atom stereocenters. The van der Waals surface area contributed by atoms with Gasteiger partial charge in [0.05, 0.1) is 0 Å². The molecule has 1 fully saturated rings. The zero-order chi connectivity index (χ0) is 15.8. The van der Waals surface area contributed by atoms with Crippen molar-refractivity contribution in [2.24, 2.45) is 0 Å². The average molecular weight is 328 g/mol. The van der Waals surface area contributed by atoms with E-state index in [1.807, 2.05) is 47.4 Å². The van der Waals surface area contributed by atoms with Gasteiger partial charge in [-0.1, -0.05) is 41.9 Å². The van der Waals surface area contributed by atoms with Crippen LogP contribution in [0, 0.1) is 0 Å². The number of carbonyl (C=O) groups excluding carboxylic acids is 1. The Morgan fingerprint density at radius 2 is 2.00 bits per heavy atom. The van der Waals surface area contributed by atoms with Crippen molar-refractivity contribution in [2.45, 2.75) is 24.9 Å². The van der Waals surface area contributed by atoms with Gasteiger partial charge in [-0.15, -0.1) is 0 Å². The van der Waals surface area contributed by atoms with E-state index in [9.17, 15) is 4.79 Å². The predicted molar refractivity (Wildman–Crippen MR) is 91.4 cm³/mol. The van der Waals surface area contributed by atoms with Crippen LogP contribution in [0.25, 0.3) is 0 Å². The molecule has 0 saturated carbocycles. The molecule has 2 unspecified atom stereocenters. The van der Waals surface area contributed by atoms with Gasteiger partial charge in [-0.2, -0.15) is 0 Å². The average Bonchev–Trinajstić information content (AvgIpc) is 3.22. The lowest BCUT2D eigenvalue weighted by atomic mass is 10.0. The number of benzene rings is 2. The molecule has 4 rings (SSSR count). The zero-order valence-electron chi connectivity index (χ0n) is 12.6. The monoisotopic (exact) mass is 327 g/mol. The Morgan fingerprint density at radius 3 is 2.87 bits per heavy atom. The minimum atomic E-state index is -0.217. The molecule has 2 aromatic carbocycles. The van der Waals surface area contributed by atoms with Gasteiger partial charge in [-0.05, 0) is 42.2 Å². The number of amides is 1. The largest absolute Gasteiger partial charge is 0.310 e. The maximum absolute atomic E-state index is 12.9. The molecule has 2 aliphatic rings. The first-order valence-electron chi connectivity index (χ1n) is 7.88. The molecule has 23 heavy (non-hydrogen) atoms. The van der Waals surface area contributed by atoms with Crippen molar-refractivity contribution >= 4 is 23.2 Å². The molecule has 0 bridgehead atoms. The summed E-state index contributed by atoms with van der Waals surface area (Å²) in [6, 6.07) is 15.8. The van der Waals surface area contributed by atoms with E-state index < -0.39 is 0 Å². The van der Waals surface area contributed by atoms with E-state index in [0.29, 0.717) is 5.02 Å². The molecule has 0 radical (unpaired) electrons. The fourth-order valence-corrected chi connectivity index (χ4v) is 3.61. The van der Waals surface area contributed by atoms with E-state index in [4.69, 9.17) is 11.6 Å². The number of nitrogens with one attached hydrogen (secondary N) is 2. The molecule has 118 valence electrons. The van der Waals surface area contributed by atoms with E-state index in [0.717, 1.165) is 30.6 Å².